The molecular formula is C13H21N5S. The average molecular weight is 279 g/mol. The highest BCUT2D eigenvalue weighted by atomic mass is 32.1. The van der Waals surface area contributed by atoms with E-state index >= 15 is 0 Å². The van der Waals surface area contributed by atoms with Crippen LogP contribution in [0.5, 0.6) is 0 Å². The molecule has 0 aliphatic heterocycles. The molecule has 2 rings (SSSR count). The van der Waals surface area contributed by atoms with Gasteiger partial charge in [-0.3, -0.25) is 0 Å². The first-order valence-electron chi connectivity index (χ1n) is 6.46. The quantitative estimate of drug-likeness (QED) is 0.813. The largest absolute Gasteiger partial charge is 0.388 e. The van der Waals surface area contributed by atoms with Crippen LogP contribution in [-0.4, -0.2) is 53.1 Å². The van der Waals surface area contributed by atoms with E-state index in [0.717, 1.165) is 12.4 Å². The maximum Gasteiger partial charge on any atom is 0.157 e. The molecule has 1 aromatic rings. The standard InChI is InChI=1S/C13H21N5S/c1-17(2)13(5-4-6-13)9-18(3)12-10(11(14)19)15-7-8-16-12/h7-8H,4-6,9H2,1-3H3,(H2,14,19). The lowest BCUT2D eigenvalue weighted by atomic mass is 9.75. The van der Waals surface area contributed by atoms with Gasteiger partial charge in [0.1, 0.15) is 10.7 Å². The zero-order chi connectivity index (χ0) is 14.0. The number of anilines is 1. The van der Waals surface area contributed by atoms with Crippen molar-refractivity contribution in [3.05, 3.63) is 18.1 Å². The van der Waals surface area contributed by atoms with Gasteiger partial charge in [0.25, 0.3) is 0 Å². The summed E-state index contributed by atoms with van der Waals surface area (Å²) in [7, 11) is 6.30. The fourth-order valence-electron chi connectivity index (χ4n) is 2.63. The predicted molar refractivity (Wildman–Crippen MR) is 81.5 cm³/mol. The fourth-order valence-corrected chi connectivity index (χ4v) is 2.78. The predicted octanol–water partition coefficient (Wildman–Crippen LogP) is 1.03. The Balaban J connectivity index is 2.20. The van der Waals surface area contributed by atoms with E-state index < -0.39 is 0 Å². The first-order chi connectivity index (χ1) is 8.96. The SMILES string of the molecule is CN(CC1(N(C)C)CCC1)c1nccnc1C(N)=S. The number of likely N-dealkylation sites (N-methyl/N-ethyl adjacent to an activating group) is 2. The van der Waals surface area contributed by atoms with Gasteiger partial charge in [-0.2, -0.15) is 0 Å². The summed E-state index contributed by atoms with van der Waals surface area (Å²) in [5.74, 6) is 0.767. The third-order valence-corrected chi connectivity index (χ3v) is 4.23. The van der Waals surface area contributed by atoms with Crippen molar-refractivity contribution in [2.24, 2.45) is 5.73 Å². The number of rotatable bonds is 5. The highest BCUT2D eigenvalue weighted by molar-refractivity contribution is 7.80. The Morgan fingerprint density at radius 3 is 2.42 bits per heavy atom. The summed E-state index contributed by atoms with van der Waals surface area (Å²) >= 11 is 5.04. The van der Waals surface area contributed by atoms with E-state index in [4.69, 9.17) is 18.0 Å². The number of thiocarbonyl (C=S) groups is 1. The second kappa shape index (κ2) is 5.38. The normalized spacial score (nSPS) is 17.1. The Kier molecular flexibility index (Phi) is 4.01. The molecule has 0 spiro atoms. The van der Waals surface area contributed by atoms with Gasteiger partial charge < -0.3 is 15.5 Å². The van der Waals surface area contributed by atoms with Gasteiger partial charge in [-0.05, 0) is 33.4 Å². The molecule has 2 N–H and O–H groups in total. The van der Waals surface area contributed by atoms with E-state index in [-0.39, 0.29) is 5.54 Å². The summed E-state index contributed by atoms with van der Waals surface area (Å²) in [6.07, 6.45) is 7.02. The van der Waals surface area contributed by atoms with Crippen LogP contribution in [0.3, 0.4) is 0 Å². The Morgan fingerprint density at radius 1 is 1.32 bits per heavy atom. The molecule has 1 heterocycles. The molecule has 0 atom stereocenters. The third-order valence-electron chi connectivity index (χ3n) is 4.04. The van der Waals surface area contributed by atoms with Crippen molar-refractivity contribution in [1.29, 1.82) is 0 Å². The highest BCUT2D eigenvalue weighted by Crippen LogP contribution is 2.37. The van der Waals surface area contributed by atoms with E-state index in [0.29, 0.717) is 10.7 Å². The molecule has 5 nitrogen and oxygen atoms in total. The Labute approximate surface area is 119 Å². The molecular weight excluding hydrogens is 258 g/mol. The molecule has 104 valence electrons. The first kappa shape index (κ1) is 14.1. The maximum atomic E-state index is 5.71. The van der Waals surface area contributed by atoms with Crippen LogP contribution >= 0.6 is 12.2 Å². The van der Waals surface area contributed by atoms with Crippen LogP contribution < -0.4 is 10.6 Å². The second-order valence-corrected chi connectivity index (χ2v) is 5.86. The zero-order valence-corrected chi connectivity index (χ0v) is 12.6. The van der Waals surface area contributed by atoms with Crippen molar-refractivity contribution in [1.82, 2.24) is 14.9 Å². The Bertz CT molecular complexity index is 470. The van der Waals surface area contributed by atoms with Crippen LogP contribution in [0.1, 0.15) is 25.0 Å². The van der Waals surface area contributed by atoms with Crippen molar-refractivity contribution in [2.45, 2.75) is 24.8 Å². The highest BCUT2D eigenvalue weighted by Gasteiger charge is 2.40. The summed E-state index contributed by atoms with van der Waals surface area (Å²) < 4.78 is 0. The van der Waals surface area contributed by atoms with Gasteiger partial charge in [-0.25, -0.2) is 9.97 Å². The summed E-state index contributed by atoms with van der Waals surface area (Å²) in [5.41, 5.74) is 6.55. The summed E-state index contributed by atoms with van der Waals surface area (Å²) in [5, 5.41) is 0. The number of hydrogen-bond acceptors (Lipinski definition) is 5. The molecule has 1 aliphatic rings. The lowest BCUT2D eigenvalue weighted by Crippen LogP contribution is -2.57. The molecule has 0 bridgehead atoms. The van der Waals surface area contributed by atoms with Gasteiger partial charge in [-0.1, -0.05) is 12.2 Å². The van der Waals surface area contributed by atoms with Crippen LogP contribution in [0, 0.1) is 0 Å². The minimum absolute atomic E-state index is 0.236. The number of nitrogens with two attached hydrogens (primary N) is 1. The van der Waals surface area contributed by atoms with Crippen LogP contribution in [0.15, 0.2) is 12.4 Å². The van der Waals surface area contributed by atoms with Crippen molar-refractivity contribution < 1.29 is 0 Å². The van der Waals surface area contributed by atoms with Gasteiger partial charge in [-0.15, -0.1) is 0 Å². The number of hydrogen-bond donors (Lipinski definition) is 1. The smallest absolute Gasteiger partial charge is 0.157 e. The van der Waals surface area contributed by atoms with Gasteiger partial charge in [0.05, 0.1) is 0 Å². The molecule has 0 saturated heterocycles. The molecule has 0 amide bonds. The van der Waals surface area contributed by atoms with Crippen molar-refractivity contribution in [3.8, 4) is 0 Å². The van der Waals surface area contributed by atoms with E-state index in [9.17, 15) is 0 Å². The minimum atomic E-state index is 0.236. The van der Waals surface area contributed by atoms with Crippen LogP contribution in [0.4, 0.5) is 5.82 Å². The van der Waals surface area contributed by atoms with Crippen LogP contribution in [0.25, 0.3) is 0 Å². The number of nitrogens with zero attached hydrogens (tertiary/aromatic N) is 4. The monoisotopic (exact) mass is 279 g/mol. The lowest BCUT2D eigenvalue weighted by Gasteiger charge is -2.49. The van der Waals surface area contributed by atoms with Crippen molar-refractivity contribution in [2.75, 3.05) is 32.6 Å². The van der Waals surface area contributed by atoms with E-state index in [2.05, 4.69) is 33.9 Å². The van der Waals surface area contributed by atoms with E-state index in [1.807, 2.05) is 7.05 Å². The molecule has 1 saturated carbocycles. The van der Waals surface area contributed by atoms with Crippen LogP contribution in [0.2, 0.25) is 0 Å². The first-order valence-corrected chi connectivity index (χ1v) is 6.86. The van der Waals surface area contributed by atoms with Crippen molar-refractivity contribution in [3.63, 3.8) is 0 Å². The van der Waals surface area contributed by atoms with Gasteiger partial charge in [0.15, 0.2) is 5.82 Å². The van der Waals surface area contributed by atoms with Crippen LogP contribution in [-0.2, 0) is 0 Å². The summed E-state index contributed by atoms with van der Waals surface area (Å²) in [6.45, 7) is 0.911. The summed E-state index contributed by atoms with van der Waals surface area (Å²) in [4.78, 5) is 13.3. The molecule has 6 heteroatoms. The lowest BCUT2D eigenvalue weighted by molar-refractivity contribution is 0.0681. The summed E-state index contributed by atoms with van der Waals surface area (Å²) in [6, 6.07) is 0. The molecule has 0 unspecified atom stereocenters. The van der Waals surface area contributed by atoms with Gasteiger partial charge in [0, 0.05) is 31.5 Å². The number of aromatic nitrogens is 2. The Morgan fingerprint density at radius 2 is 1.95 bits per heavy atom. The van der Waals surface area contributed by atoms with Gasteiger partial charge in [0.2, 0.25) is 0 Å². The molecule has 19 heavy (non-hydrogen) atoms. The molecule has 1 aromatic heterocycles. The van der Waals surface area contributed by atoms with E-state index in [1.165, 1.54) is 19.3 Å². The fraction of sp³-hybridized carbons (Fsp3) is 0.615. The van der Waals surface area contributed by atoms with Crippen molar-refractivity contribution >= 4 is 23.0 Å². The Hall–Kier alpha value is -1.27. The average Bonchev–Trinajstić information content (AvgIpc) is 2.33. The third kappa shape index (κ3) is 2.69. The maximum absolute atomic E-state index is 5.71. The molecule has 1 aliphatic carbocycles. The molecule has 0 aromatic carbocycles. The van der Waals surface area contributed by atoms with Gasteiger partial charge >= 0.3 is 0 Å². The second-order valence-electron chi connectivity index (χ2n) is 5.42. The molecule has 0 radical (unpaired) electrons. The molecule has 1 fully saturated rings. The zero-order valence-electron chi connectivity index (χ0n) is 11.8. The minimum Gasteiger partial charge on any atom is -0.388 e. The topological polar surface area (TPSA) is 58.3 Å². The van der Waals surface area contributed by atoms with E-state index in [1.54, 1.807) is 12.4 Å².